The first-order valence-corrected chi connectivity index (χ1v) is 7.64. The molecule has 2 aromatic carbocycles. The van der Waals surface area contributed by atoms with E-state index in [4.69, 9.17) is 5.73 Å². The van der Waals surface area contributed by atoms with Gasteiger partial charge in [0.2, 0.25) is 0 Å². The molecule has 0 aromatic heterocycles. The summed E-state index contributed by atoms with van der Waals surface area (Å²) in [6.45, 7) is 4.88. The number of nitrogens with zero attached hydrogens (tertiary/aromatic N) is 2. The van der Waals surface area contributed by atoms with Crippen LogP contribution in [0.2, 0.25) is 0 Å². The standard InChI is InChI=1S/C17H24N4/c1-20-8-10-21(11-9-20)19-17(13-18)16-7-6-14-4-2-3-5-15(14)12-16/h2-7,12,17,19H,8-11,13,18H2,1H3. The van der Waals surface area contributed by atoms with E-state index in [0.717, 1.165) is 26.2 Å². The van der Waals surface area contributed by atoms with Gasteiger partial charge in [0.05, 0.1) is 6.04 Å². The van der Waals surface area contributed by atoms with Gasteiger partial charge >= 0.3 is 0 Å². The van der Waals surface area contributed by atoms with Crippen LogP contribution in [0.5, 0.6) is 0 Å². The fourth-order valence-electron chi connectivity index (χ4n) is 2.84. The van der Waals surface area contributed by atoms with Crippen LogP contribution in [0.15, 0.2) is 42.5 Å². The maximum atomic E-state index is 5.99. The number of benzene rings is 2. The molecule has 1 heterocycles. The Balaban J connectivity index is 1.74. The van der Waals surface area contributed by atoms with Gasteiger partial charge in [-0.3, -0.25) is 0 Å². The second-order valence-electron chi connectivity index (χ2n) is 5.81. The van der Waals surface area contributed by atoms with Crippen molar-refractivity contribution in [2.24, 2.45) is 5.73 Å². The Morgan fingerprint density at radius 3 is 2.48 bits per heavy atom. The molecular weight excluding hydrogens is 260 g/mol. The Labute approximate surface area is 126 Å². The predicted molar refractivity (Wildman–Crippen MR) is 87.9 cm³/mol. The summed E-state index contributed by atoms with van der Waals surface area (Å²) in [5.41, 5.74) is 10.8. The van der Waals surface area contributed by atoms with E-state index in [2.05, 4.69) is 64.8 Å². The molecule has 3 rings (SSSR count). The number of rotatable bonds is 4. The zero-order valence-corrected chi connectivity index (χ0v) is 12.6. The minimum absolute atomic E-state index is 0.179. The number of hydrazine groups is 1. The summed E-state index contributed by atoms with van der Waals surface area (Å²) < 4.78 is 0. The predicted octanol–water partition coefficient (Wildman–Crippen LogP) is 1.59. The van der Waals surface area contributed by atoms with Crippen LogP contribution in [0.1, 0.15) is 11.6 Å². The molecule has 0 bridgehead atoms. The first-order chi connectivity index (χ1) is 10.3. The van der Waals surface area contributed by atoms with E-state index in [9.17, 15) is 0 Å². The minimum atomic E-state index is 0.179. The van der Waals surface area contributed by atoms with Crippen molar-refractivity contribution < 1.29 is 0 Å². The Morgan fingerprint density at radius 2 is 1.76 bits per heavy atom. The summed E-state index contributed by atoms with van der Waals surface area (Å²) in [6, 6.07) is 15.2. The van der Waals surface area contributed by atoms with Crippen LogP contribution < -0.4 is 11.2 Å². The summed E-state index contributed by atoms with van der Waals surface area (Å²) in [5, 5.41) is 4.84. The van der Waals surface area contributed by atoms with Crippen molar-refractivity contribution >= 4 is 10.8 Å². The van der Waals surface area contributed by atoms with Crippen molar-refractivity contribution in [2.75, 3.05) is 39.8 Å². The number of hydrogen-bond acceptors (Lipinski definition) is 4. The van der Waals surface area contributed by atoms with Crippen LogP contribution >= 0.6 is 0 Å². The molecule has 4 nitrogen and oxygen atoms in total. The van der Waals surface area contributed by atoms with Crippen LogP contribution in [0.4, 0.5) is 0 Å². The summed E-state index contributed by atoms with van der Waals surface area (Å²) in [7, 11) is 2.17. The Hall–Kier alpha value is -1.46. The number of nitrogens with two attached hydrogens (primary N) is 1. The molecule has 112 valence electrons. The lowest BCUT2D eigenvalue weighted by Gasteiger charge is -2.35. The van der Waals surface area contributed by atoms with Crippen molar-refractivity contribution in [1.29, 1.82) is 0 Å². The van der Waals surface area contributed by atoms with Crippen molar-refractivity contribution in [3.8, 4) is 0 Å². The summed E-state index contributed by atoms with van der Waals surface area (Å²) in [5.74, 6) is 0. The van der Waals surface area contributed by atoms with Gasteiger partial charge in [-0.1, -0.05) is 36.4 Å². The fourth-order valence-corrected chi connectivity index (χ4v) is 2.84. The molecule has 4 heteroatoms. The van der Waals surface area contributed by atoms with Crippen molar-refractivity contribution in [3.63, 3.8) is 0 Å². The first kappa shape index (κ1) is 14.5. The minimum Gasteiger partial charge on any atom is -0.329 e. The summed E-state index contributed by atoms with van der Waals surface area (Å²) >= 11 is 0. The number of nitrogens with one attached hydrogen (secondary N) is 1. The van der Waals surface area contributed by atoms with Gasteiger partial charge in [0, 0.05) is 32.7 Å². The second kappa shape index (κ2) is 6.54. The van der Waals surface area contributed by atoms with Crippen LogP contribution in [-0.4, -0.2) is 49.7 Å². The molecule has 0 radical (unpaired) electrons. The Morgan fingerprint density at radius 1 is 1.05 bits per heavy atom. The molecule has 21 heavy (non-hydrogen) atoms. The van der Waals surface area contributed by atoms with E-state index in [1.54, 1.807) is 0 Å². The SMILES string of the molecule is CN1CCN(NC(CN)c2ccc3ccccc3c2)CC1. The molecule has 1 atom stereocenters. The lowest BCUT2D eigenvalue weighted by molar-refractivity contribution is 0.0880. The smallest absolute Gasteiger partial charge is 0.0587 e. The highest BCUT2D eigenvalue weighted by Gasteiger charge is 2.18. The van der Waals surface area contributed by atoms with Gasteiger partial charge < -0.3 is 10.6 Å². The zero-order chi connectivity index (χ0) is 14.7. The van der Waals surface area contributed by atoms with Gasteiger partial charge in [0.1, 0.15) is 0 Å². The number of piperazine rings is 1. The van der Waals surface area contributed by atoms with Crippen LogP contribution in [-0.2, 0) is 0 Å². The quantitative estimate of drug-likeness (QED) is 0.895. The van der Waals surface area contributed by atoms with E-state index in [1.165, 1.54) is 16.3 Å². The fraction of sp³-hybridized carbons (Fsp3) is 0.412. The summed E-state index contributed by atoms with van der Waals surface area (Å²) in [6.07, 6.45) is 0. The highest BCUT2D eigenvalue weighted by molar-refractivity contribution is 5.83. The molecule has 0 spiro atoms. The molecule has 0 amide bonds. The molecule has 3 N–H and O–H groups in total. The highest BCUT2D eigenvalue weighted by atomic mass is 15.5. The van der Waals surface area contributed by atoms with E-state index in [1.807, 2.05) is 0 Å². The van der Waals surface area contributed by atoms with Gasteiger partial charge in [-0.15, -0.1) is 0 Å². The Kier molecular flexibility index (Phi) is 4.51. The monoisotopic (exact) mass is 284 g/mol. The molecule has 1 unspecified atom stereocenters. The third kappa shape index (κ3) is 3.41. The van der Waals surface area contributed by atoms with Gasteiger partial charge in [-0.2, -0.15) is 0 Å². The van der Waals surface area contributed by atoms with Crippen molar-refractivity contribution in [2.45, 2.75) is 6.04 Å². The molecule has 1 fully saturated rings. The van der Waals surface area contributed by atoms with E-state index in [-0.39, 0.29) is 6.04 Å². The molecule has 1 aliphatic rings. The van der Waals surface area contributed by atoms with Gasteiger partial charge in [-0.05, 0) is 29.4 Å². The van der Waals surface area contributed by atoms with Crippen molar-refractivity contribution in [3.05, 3.63) is 48.0 Å². The second-order valence-corrected chi connectivity index (χ2v) is 5.81. The largest absolute Gasteiger partial charge is 0.329 e. The third-order valence-electron chi connectivity index (χ3n) is 4.25. The van der Waals surface area contributed by atoms with Gasteiger partial charge in [0.15, 0.2) is 0 Å². The van der Waals surface area contributed by atoms with E-state index >= 15 is 0 Å². The summed E-state index contributed by atoms with van der Waals surface area (Å²) in [4.78, 5) is 2.35. The lowest BCUT2D eigenvalue weighted by atomic mass is 10.0. The maximum Gasteiger partial charge on any atom is 0.0587 e. The van der Waals surface area contributed by atoms with E-state index in [0.29, 0.717) is 6.54 Å². The average molecular weight is 284 g/mol. The topological polar surface area (TPSA) is 44.5 Å². The maximum absolute atomic E-state index is 5.99. The third-order valence-corrected chi connectivity index (χ3v) is 4.25. The normalized spacial score (nSPS) is 19.0. The van der Waals surface area contributed by atoms with Crippen LogP contribution in [0, 0.1) is 0 Å². The van der Waals surface area contributed by atoms with Crippen LogP contribution in [0.25, 0.3) is 10.8 Å². The number of hydrogen-bond donors (Lipinski definition) is 2. The highest BCUT2D eigenvalue weighted by Crippen LogP contribution is 2.20. The Bertz CT molecular complexity index is 590. The molecule has 1 saturated heterocycles. The number of fused-ring (bicyclic) bond motifs is 1. The lowest BCUT2D eigenvalue weighted by Crippen LogP contribution is -2.52. The molecule has 1 aliphatic heterocycles. The van der Waals surface area contributed by atoms with E-state index < -0.39 is 0 Å². The molecule has 2 aromatic rings. The first-order valence-electron chi connectivity index (χ1n) is 7.64. The number of likely N-dealkylation sites (N-methyl/N-ethyl adjacent to an activating group) is 1. The molecular formula is C17H24N4. The van der Waals surface area contributed by atoms with Crippen molar-refractivity contribution in [1.82, 2.24) is 15.3 Å². The molecule has 0 saturated carbocycles. The van der Waals surface area contributed by atoms with Gasteiger partial charge in [0.25, 0.3) is 0 Å². The average Bonchev–Trinajstić information content (AvgIpc) is 2.54. The van der Waals surface area contributed by atoms with Gasteiger partial charge in [-0.25, -0.2) is 10.4 Å². The van der Waals surface area contributed by atoms with Crippen LogP contribution in [0.3, 0.4) is 0 Å². The molecule has 0 aliphatic carbocycles. The zero-order valence-electron chi connectivity index (χ0n) is 12.6.